The molecule has 29 heavy (non-hydrogen) atoms. The van der Waals surface area contributed by atoms with E-state index in [4.69, 9.17) is 9.47 Å². The molecule has 0 fully saturated rings. The third kappa shape index (κ3) is 5.60. The molecule has 0 unspecified atom stereocenters. The first kappa shape index (κ1) is 22.0. The van der Waals surface area contributed by atoms with Gasteiger partial charge in [-0.3, -0.25) is 4.79 Å². The molecule has 0 aliphatic heterocycles. The Morgan fingerprint density at radius 3 is 2.28 bits per heavy atom. The van der Waals surface area contributed by atoms with Crippen molar-refractivity contribution in [1.82, 2.24) is 10.3 Å². The van der Waals surface area contributed by atoms with Gasteiger partial charge < -0.3 is 24.7 Å². The van der Waals surface area contributed by atoms with E-state index in [-0.39, 0.29) is 12.3 Å². The molecule has 2 N–H and O–H groups in total. The molecular formula is C21H27N3O5. The van der Waals surface area contributed by atoms with Gasteiger partial charge in [0.05, 0.1) is 12.2 Å². The monoisotopic (exact) mass is 401 g/mol. The summed E-state index contributed by atoms with van der Waals surface area (Å²) < 4.78 is 10.1. The van der Waals surface area contributed by atoms with Gasteiger partial charge in [-0.2, -0.15) is 0 Å². The minimum absolute atomic E-state index is 0.137. The maximum absolute atomic E-state index is 12.3. The van der Waals surface area contributed by atoms with Gasteiger partial charge in [0, 0.05) is 32.0 Å². The van der Waals surface area contributed by atoms with Gasteiger partial charge in [0.15, 0.2) is 6.61 Å². The number of amides is 1. The smallest absolute Gasteiger partial charge is 0.355 e. The lowest BCUT2D eigenvalue weighted by Crippen LogP contribution is -2.28. The van der Waals surface area contributed by atoms with E-state index in [0.29, 0.717) is 23.4 Å². The molecule has 8 nitrogen and oxygen atoms in total. The van der Waals surface area contributed by atoms with E-state index in [9.17, 15) is 14.4 Å². The van der Waals surface area contributed by atoms with Crippen molar-refractivity contribution < 1.29 is 23.9 Å². The Morgan fingerprint density at radius 1 is 1.03 bits per heavy atom. The summed E-state index contributed by atoms with van der Waals surface area (Å²) in [5, 5.41) is 2.71. The number of H-pyrrole nitrogens is 1. The van der Waals surface area contributed by atoms with Crippen LogP contribution in [0, 0.1) is 13.8 Å². The van der Waals surface area contributed by atoms with Crippen molar-refractivity contribution >= 4 is 23.5 Å². The van der Waals surface area contributed by atoms with Crippen LogP contribution in [0.15, 0.2) is 24.3 Å². The third-order valence-corrected chi connectivity index (χ3v) is 4.40. The highest BCUT2D eigenvalue weighted by Crippen LogP contribution is 2.19. The van der Waals surface area contributed by atoms with Crippen LogP contribution in [0.25, 0.3) is 0 Å². The number of nitrogens with zero attached hydrogens (tertiary/aromatic N) is 1. The Bertz CT molecular complexity index is 884. The second-order valence-corrected chi connectivity index (χ2v) is 6.76. The Balaban J connectivity index is 1.89. The molecule has 156 valence electrons. The zero-order valence-corrected chi connectivity index (χ0v) is 17.4. The molecule has 1 amide bonds. The number of carbonyl (C=O) groups excluding carboxylic acids is 3. The maximum Gasteiger partial charge on any atom is 0.355 e. The topological polar surface area (TPSA) is 101 Å². The van der Waals surface area contributed by atoms with Crippen LogP contribution in [0.2, 0.25) is 0 Å². The number of aryl methyl sites for hydroxylation is 1. The second kappa shape index (κ2) is 9.77. The second-order valence-electron chi connectivity index (χ2n) is 6.76. The lowest BCUT2D eigenvalue weighted by molar-refractivity contribution is -0.124. The molecule has 0 aliphatic rings. The van der Waals surface area contributed by atoms with Crippen LogP contribution < -0.4 is 10.2 Å². The van der Waals surface area contributed by atoms with Crippen LogP contribution in [0.1, 0.15) is 44.6 Å². The summed E-state index contributed by atoms with van der Waals surface area (Å²) in [6.07, 6.45) is 0. The number of aromatic nitrogens is 1. The average Bonchev–Trinajstić information content (AvgIpc) is 2.99. The van der Waals surface area contributed by atoms with Crippen LogP contribution >= 0.6 is 0 Å². The van der Waals surface area contributed by atoms with E-state index in [1.807, 2.05) is 43.3 Å². The van der Waals surface area contributed by atoms with Gasteiger partial charge in [-0.1, -0.05) is 12.1 Å². The highest BCUT2D eigenvalue weighted by Gasteiger charge is 2.24. The molecule has 0 atom stereocenters. The predicted octanol–water partition coefficient (Wildman–Crippen LogP) is 2.35. The number of carbonyl (C=O) groups is 3. The number of rotatable bonds is 8. The zero-order valence-electron chi connectivity index (χ0n) is 17.4. The fourth-order valence-electron chi connectivity index (χ4n) is 2.83. The Labute approximate surface area is 170 Å². The number of benzene rings is 1. The summed E-state index contributed by atoms with van der Waals surface area (Å²) in [6, 6.07) is 7.76. The van der Waals surface area contributed by atoms with Gasteiger partial charge in [0.1, 0.15) is 5.69 Å². The van der Waals surface area contributed by atoms with Crippen LogP contribution in [-0.2, 0) is 20.8 Å². The van der Waals surface area contributed by atoms with Crippen LogP contribution in [-0.4, -0.2) is 50.1 Å². The Morgan fingerprint density at radius 2 is 1.69 bits per heavy atom. The van der Waals surface area contributed by atoms with Gasteiger partial charge >= 0.3 is 11.9 Å². The summed E-state index contributed by atoms with van der Waals surface area (Å²) in [4.78, 5) is 41.1. The van der Waals surface area contributed by atoms with Gasteiger partial charge in [-0.15, -0.1) is 0 Å². The van der Waals surface area contributed by atoms with E-state index >= 15 is 0 Å². The van der Waals surface area contributed by atoms with Crippen LogP contribution in [0.4, 0.5) is 5.69 Å². The molecule has 0 radical (unpaired) electrons. The number of ether oxygens (including phenoxy) is 2. The molecule has 0 bridgehead atoms. The Kier molecular flexibility index (Phi) is 7.41. The quantitative estimate of drug-likeness (QED) is 0.659. The van der Waals surface area contributed by atoms with Gasteiger partial charge in [0.2, 0.25) is 0 Å². The third-order valence-electron chi connectivity index (χ3n) is 4.40. The first-order chi connectivity index (χ1) is 13.7. The van der Waals surface area contributed by atoms with Crippen molar-refractivity contribution in [3.63, 3.8) is 0 Å². The molecule has 0 saturated carbocycles. The fourth-order valence-corrected chi connectivity index (χ4v) is 2.83. The maximum atomic E-state index is 12.3. The van der Waals surface area contributed by atoms with E-state index in [1.54, 1.807) is 20.8 Å². The summed E-state index contributed by atoms with van der Waals surface area (Å²) in [7, 11) is 3.91. The van der Waals surface area contributed by atoms with Gasteiger partial charge in [-0.05, 0) is 44.0 Å². The average molecular weight is 401 g/mol. The number of anilines is 1. The zero-order chi connectivity index (χ0) is 21.6. The summed E-state index contributed by atoms with van der Waals surface area (Å²) in [6.45, 7) is 5.16. The van der Waals surface area contributed by atoms with Gasteiger partial charge in [0.25, 0.3) is 5.91 Å². The first-order valence-corrected chi connectivity index (χ1v) is 9.31. The number of hydrogen-bond donors (Lipinski definition) is 2. The molecule has 2 rings (SSSR count). The molecule has 0 aliphatic carbocycles. The van der Waals surface area contributed by atoms with Crippen molar-refractivity contribution in [2.24, 2.45) is 0 Å². The highest BCUT2D eigenvalue weighted by molar-refractivity contribution is 5.99. The largest absolute Gasteiger partial charge is 0.462 e. The van der Waals surface area contributed by atoms with E-state index in [2.05, 4.69) is 10.3 Å². The lowest BCUT2D eigenvalue weighted by atomic mass is 10.1. The summed E-state index contributed by atoms with van der Waals surface area (Å²) >= 11 is 0. The van der Waals surface area contributed by atoms with Crippen molar-refractivity contribution in [3.05, 3.63) is 52.3 Å². The minimum Gasteiger partial charge on any atom is -0.462 e. The SMILES string of the molecule is CCOC(=O)c1c(C)[nH]c(C(=O)OCC(=O)NCc2ccc(N(C)C)cc2)c1C. The molecule has 0 spiro atoms. The van der Waals surface area contributed by atoms with Crippen molar-refractivity contribution in [2.75, 3.05) is 32.2 Å². The number of aromatic amines is 1. The van der Waals surface area contributed by atoms with Crippen molar-refractivity contribution in [2.45, 2.75) is 27.3 Å². The highest BCUT2D eigenvalue weighted by atomic mass is 16.5. The van der Waals surface area contributed by atoms with Gasteiger partial charge in [-0.25, -0.2) is 9.59 Å². The molecule has 1 aromatic heterocycles. The van der Waals surface area contributed by atoms with E-state index in [1.165, 1.54) is 0 Å². The number of esters is 2. The van der Waals surface area contributed by atoms with Crippen molar-refractivity contribution in [3.8, 4) is 0 Å². The van der Waals surface area contributed by atoms with E-state index in [0.717, 1.165) is 11.3 Å². The normalized spacial score (nSPS) is 10.4. The summed E-state index contributed by atoms with van der Waals surface area (Å²) in [5.41, 5.74) is 3.39. The van der Waals surface area contributed by atoms with Crippen LogP contribution in [0.3, 0.4) is 0 Å². The van der Waals surface area contributed by atoms with Crippen LogP contribution in [0.5, 0.6) is 0 Å². The molecule has 0 saturated heterocycles. The van der Waals surface area contributed by atoms with Crippen molar-refractivity contribution in [1.29, 1.82) is 0 Å². The Hall–Kier alpha value is -3.29. The lowest BCUT2D eigenvalue weighted by Gasteiger charge is -2.13. The minimum atomic E-state index is -0.702. The number of nitrogens with one attached hydrogen (secondary N) is 2. The molecule has 2 aromatic rings. The standard InChI is InChI=1S/C21H27N3O5/c1-6-28-20(26)18-13(2)19(23-14(18)3)21(27)29-12-17(25)22-11-15-7-9-16(10-8-15)24(4)5/h7-10,23H,6,11-12H2,1-5H3,(H,22,25). The molecule has 8 heteroatoms. The molecule has 1 aromatic carbocycles. The molecular weight excluding hydrogens is 374 g/mol. The summed E-state index contributed by atoms with van der Waals surface area (Å²) in [5.74, 6) is -1.62. The number of hydrogen-bond acceptors (Lipinski definition) is 6. The predicted molar refractivity (Wildman–Crippen MR) is 109 cm³/mol. The fraction of sp³-hybridized carbons (Fsp3) is 0.381. The first-order valence-electron chi connectivity index (χ1n) is 9.31. The molecule has 1 heterocycles. The van der Waals surface area contributed by atoms with E-state index < -0.39 is 24.5 Å².